The van der Waals surface area contributed by atoms with E-state index < -0.39 is 0 Å². The summed E-state index contributed by atoms with van der Waals surface area (Å²) in [4.78, 5) is 2.50. The highest BCUT2D eigenvalue weighted by Crippen LogP contribution is 2.28. The molecule has 0 spiro atoms. The van der Waals surface area contributed by atoms with Crippen molar-refractivity contribution in [3.63, 3.8) is 0 Å². The van der Waals surface area contributed by atoms with E-state index in [1.807, 2.05) is 19.1 Å². The van der Waals surface area contributed by atoms with Gasteiger partial charge in [-0.2, -0.15) is 0 Å². The van der Waals surface area contributed by atoms with Crippen molar-refractivity contribution in [3.05, 3.63) is 35.1 Å². The van der Waals surface area contributed by atoms with Crippen LogP contribution in [0.5, 0.6) is 0 Å². The Balaban J connectivity index is 2.08. The average Bonchev–Trinajstić information content (AvgIpc) is 2.70. The van der Waals surface area contributed by atoms with Gasteiger partial charge >= 0.3 is 0 Å². The Hall–Kier alpha value is -0.930. The zero-order valence-corrected chi connectivity index (χ0v) is 13.4. The molecule has 1 aromatic carbocycles. The topological polar surface area (TPSA) is 29.3 Å². The van der Waals surface area contributed by atoms with Gasteiger partial charge in [0.1, 0.15) is 5.82 Å². The van der Waals surface area contributed by atoms with E-state index in [1.165, 1.54) is 32.1 Å². The standard InChI is InChI=1S/C18H29FN2/c1-3-5-15-6-4-10-21(11-9-15)18(13-20)16-7-8-17(19)14(2)12-16/h7-8,12,15,18H,3-6,9-11,13,20H2,1-2H3. The van der Waals surface area contributed by atoms with Gasteiger partial charge in [0, 0.05) is 12.6 Å². The Kier molecular flexibility index (Phi) is 6.19. The molecule has 0 aliphatic carbocycles. The molecule has 1 fully saturated rings. The molecule has 0 aromatic heterocycles. The first kappa shape index (κ1) is 16.4. The van der Waals surface area contributed by atoms with E-state index in [1.54, 1.807) is 6.07 Å². The second-order valence-electron chi connectivity index (χ2n) is 6.38. The van der Waals surface area contributed by atoms with Crippen LogP contribution >= 0.6 is 0 Å². The van der Waals surface area contributed by atoms with Crippen molar-refractivity contribution in [3.8, 4) is 0 Å². The Morgan fingerprint density at radius 2 is 2.14 bits per heavy atom. The van der Waals surface area contributed by atoms with Crippen molar-refractivity contribution < 1.29 is 4.39 Å². The first-order chi connectivity index (χ1) is 10.2. The Morgan fingerprint density at radius 1 is 1.33 bits per heavy atom. The Labute approximate surface area is 128 Å². The number of hydrogen-bond acceptors (Lipinski definition) is 2. The summed E-state index contributed by atoms with van der Waals surface area (Å²) in [5.41, 5.74) is 7.90. The van der Waals surface area contributed by atoms with Crippen molar-refractivity contribution >= 4 is 0 Å². The van der Waals surface area contributed by atoms with Crippen LogP contribution < -0.4 is 5.73 Å². The number of likely N-dealkylation sites (tertiary alicyclic amines) is 1. The smallest absolute Gasteiger partial charge is 0.126 e. The number of aryl methyl sites for hydroxylation is 1. The molecule has 1 aliphatic rings. The van der Waals surface area contributed by atoms with Gasteiger partial charge in [0.25, 0.3) is 0 Å². The lowest BCUT2D eigenvalue weighted by Crippen LogP contribution is -2.34. The fourth-order valence-corrected chi connectivity index (χ4v) is 3.57. The van der Waals surface area contributed by atoms with Crippen LogP contribution in [0, 0.1) is 18.7 Å². The normalized spacial score (nSPS) is 22.0. The Bertz CT molecular complexity index is 447. The molecule has 21 heavy (non-hydrogen) atoms. The molecule has 1 heterocycles. The van der Waals surface area contributed by atoms with E-state index in [4.69, 9.17) is 5.73 Å². The van der Waals surface area contributed by atoms with Crippen LogP contribution in [-0.2, 0) is 0 Å². The molecule has 2 N–H and O–H groups in total. The number of nitrogens with two attached hydrogens (primary N) is 1. The molecule has 2 rings (SSSR count). The van der Waals surface area contributed by atoms with Gasteiger partial charge in [0.05, 0.1) is 0 Å². The summed E-state index contributed by atoms with van der Waals surface area (Å²) < 4.78 is 13.5. The highest BCUT2D eigenvalue weighted by atomic mass is 19.1. The predicted molar refractivity (Wildman–Crippen MR) is 86.8 cm³/mol. The summed E-state index contributed by atoms with van der Waals surface area (Å²) in [5.74, 6) is 0.738. The minimum Gasteiger partial charge on any atom is -0.329 e. The molecule has 118 valence electrons. The molecule has 2 atom stereocenters. The molecule has 0 saturated carbocycles. The van der Waals surface area contributed by atoms with Gasteiger partial charge in [-0.25, -0.2) is 4.39 Å². The van der Waals surface area contributed by atoms with Crippen molar-refractivity contribution in [2.75, 3.05) is 19.6 Å². The number of nitrogens with zero attached hydrogens (tertiary/aromatic N) is 1. The van der Waals surface area contributed by atoms with E-state index in [-0.39, 0.29) is 11.9 Å². The summed E-state index contributed by atoms with van der Waals surface area (Å²) in [6.45, 7) is 6.92. The molecule has 0 bridgehead atoms. The zero-order chi connectivity index (χ0) is 15.2. The van der Waals surface area contributed by atoms with Crippen LogP contribution in [0.2, 0.25) is 0 Å². The molecule has 0 radical (unpaired) electrons. The lowest BCUT2D eigenvalue weighted by molar-refractivity contribution is 0.206. The van der Waals surface area contributed by atoms with Gasteiger partial charge in [0.2, 0.25) is 0 Å². The van der Waals surface area contributed by atoms with E-state index in [9.17, 15) is 4.39 Å². The zero-order valence-electron chi connectivity index (χ0n) is 13.4. The van der Waals surface area contributed by atoms with Gasteiger partial charge in [-0.1, -0.05) is 31.9 Å². The predicted octanol–water partition coefficient (Wildman–Crippen LogP) is 4.04. The maximum Gasteiger partial charge on any atom is 0.126 e. The number of benzene rings is 1. The van der Waals surface area contributed by atoms with Crippen molar-refractivity contribution in [2.24, 2.45) is 11.7 Å². The van der Waals surface area contributed by atoms with Crippen molar-refractivity contribution in [2.45, 2.75) is 52.0 Å². The number of hydrogen-bond donors (Lipinski definition) is 1. The number of halogens is 1. The van der Waals surface area contributed by atoms with E-state index >= 15 is 0 Å². The molecule has 3 heteroatoms. The fraction of sp³-hybridized carbons (Fsp3) is 0.667. The van der Waals surface area contributed by atoms with Crippen LogP contribution in [0.1, 0.15) is 56.2 Å². The lowest BCUT2D eigenvalue weighted by atomic mass is 9.96. The molecular formula is C18H29FN2. The highest BCUT2D eigenvalue weighted by Gasteiger charge is 2.23. The van der Waals surface area contributed by atoms with Crippen LogP contribution in [0.25, 0.3) is 0 Å². The molecular weight excluding hydrogens is 263 g/mol. The lowest BCUT2D eigenvalue weighted by Gasteiger charge is -2.30. The van der Waals surface area contributed by atoms with E-state index in [0.29, 0.717) is 12.1 Å². The summed E-state index contributed by atoms with van der Waals surface area (Å²) in [6.07, 6.45) is 6.48. The maximum atomic E-state index is 13.5. The largest absolute Gasteiger partial charge is 0.329 e. The van der Waals surface area contributed by atoms with E-state index in [0.717, 1.165) is 24.6 Å². The van der Waals surface area contributed by atoms with Crippen LogP contribution in [-0.4, -0.2) is 24.5 Å². The van der Waals surface area contributed by atoms with Gasteiger partial charge < -0.3 is 5.73 Å². The van der Waals surface area contributed by atoms with Gasteiger partial charge in [-0.15, -0.1) is 0 Å². The van der Waals surface area contributed by atoms with Crippen molar-refractivity contribution in [1.29, 1.82) is 0 Å². The summed E-state index contributed by atoms with van der Waals surface area (Å²) in [7, 11) is 0. The third kappa shape index (κ3) is 4.27. The van der Waals surface area contributed by atoms with E-state index in [2.05, 4.69) is 11.8 Å². The second-order valence-corrected chi connectivity index (χ2v) is 6.38. The average molecular weight is 292 g/mol. The highest BCUT2D eigenvalue weighted by molar-refractivity contribution is 5.27. The minimum absolute atomic E-state index is 0.131. The molecule has 2 unspecified atom stereocenters. The molecule has 1 saturated heterocycles. The Morgan fingerprint density at radius 3 is 2.81 bits per heavy atom. The third-order valence-electron chi connectivity index (χ3n) is 4.81. The maximum absolute atomic E-state index is 13.5. The summed E-state index contributed by atoms with van der Waals surface area (Å²) in [5, 5.41) is 0. The van der Waals surface area contributed by atoms with Gasteiger partial charge in [-0.3, -0.25) is 4.90 Å². The SMILES string of the molecule is CCCC1CCCN(C(CN)c2ccc(F)c(C)c2)CC1. The summed E-state index contributed by atoms with van der Waals surface area (Å²) in [6, 6.07) is 5.66. The quantitative estimate of drug-likeness (QED) is 0.887. The molecule has 1 aromatic rings. The summed E-state index contributed by atoms with van der Waals surface area (Å²) >= 11 is 0. The number of rotatable bonds is 5. The minimum atomic E-state index is -0.131. The van der Waals surface area contributed by atoms with Crippen LogP contribution in [0.4, 0.5) is 4.39 Å². The third-order valence-corrected chi connectivity index (χ3v) is 4.81. The van der Waals surface area contributed by atoms with Gasteiger partial charge in [-0.05, 0) is 62.4 Å². The van der Waals surface area contributed by atoms with Crippen LogP contribution in [0.15, 0.2) is 18.2 Å². The molecule has 2 nitrogen and oxygen atoms in total. The van der Waals surface area contributed by atoms with Gasteiger partial charge in [0.15, 0.2) is 0 Å². The monoisotopic (exact) mass is 292 g/mol. The first-order valence-corrected chi connectivity index (χ1v) is 8.35. The second kappa shape index (κ2) is 7.90. The van der Waals surface area contributed by atoms with Crippen LogP contribution in [0.3, 0.4) is 0 Å². The molecule has 1 aliphatic heterocycles. The first-order valence-electron chi connectivity index (χ1n) is 8.35. The molecule has 0 amide bonds. The fourth-order valence-electron chi connectivity index (χ4n) is 3.57. The van der Waals surface area contributed by atoms with Crippen molar-refractivity contribution in [1.82, 2.24) is 4.90 Å².